The van der Waals surface area contributed by atoms with E-state index in [9.17, 15) is 0 Å². The molecule has 1 atom stereocenters. The lowest BCUT2D eigenvalue weighted by Crippen LogP contribution is -2.21. The Bertz CT molecular complexity index is 1780. The summed E-state index contributed by atoms with van der Waals surface area (Å²) in [6, 6.07) is 21.3. The minimum absolute atomic E-state index is 0.246. The standard InChI is InChI=1S/C12H16ClNO.C11H15ClN2O.C11H17ClN2O.C10H15ClN2O/c13-11-8-9(14)6-7-12(11)15-10-4-2-1-3-5-10;1-14-5-4-9(7-14)15-11-3-2-8(13)6-10(11)12;1-14(2)6-3-7-15-11-5-4-9(13)8-10(11)12;1-13(2)5-6-14-10-4-3-8(12)7-9(10)11/h6-8,10H,1-5,14H2;2-3,6,9H,4-5,7,13H2,1H3;4-5,8H,3,6-7,13H2,1-2H3;3-4,7H,5-6,12H2,1-2H3. The number of nitrogen functional groups attached to an aromatic ring is 4. The number of likely N-dealkylation sites (N-methyl/N-ethyl adjacent to an activating group) is 2. The number of likely N-dealkylation sites (tertiary alicyclic amines) is 1. The number of halogens is 4. The Labute approximate surface area is 371 Å². The smallest absolute Gasteiger partial charge is 0.138 e. The van der Waals surface area contributed by atoms with Crippen molar-refractivity contribution >= 4 is 69.2 Å². The van der Waals surface area contributed by atoms with Crippen molar-refractivity contribution < 1.29 is 18.9 Å². The Balaban J connectivity index is 0.000000210. The first kappa shape index (κ1) is 49.7. The molecule has 4 aromatic carbocycles. The van der Waals surface area contributed by atoms with Crippen LogP contribution in [0.3, 0.4) is 0 Å². The van der Waals surface area contributed by atoms with Crippen LogP contribution in [0.5, 0.6) is 23.0 Å². The van der Waals surface area contributed by atoms with Crippen LogP contribution in [0, 0.1) is 0 Å². The summed E-state index contributed by atoms with van der Waals surface area (Å²) in [7, 11) is 10.2. The molecule has 4 aromatic rings. The normalized spacial score (nSPS) is 15.3. The minimum Gasteiger partial charge on any atom is -0.492 e. The van der Waals surface area contributed by atoms with Gasteiger partial charge in [-0.1, -0.05) is 52.8 Å². The summed E-state index contributed by atoms with van der Waals surface area (Å²) in [5, 5.41) is 2.33. The summed E-state index contributed by atoms with van der Waals surface area (Å²) in [4.78, 5) is 6.41. The third-order valence-electron chi connectivity index (χ3n) is 9.11. The zero-order chi connectivity index (χ0) is 43.3. The van der Waals surface area contributed by atoms with E-state index in [1.54, 1.807) is 54.6 Å². The van der Waals surface area contributed by atoms with E-state index in [0.717, 1.165) is 63.4 Å². The van der Waals surface area contributed by atoms with Gasteiger partial charge in [0.15, 0.2) is 0 Å². The molecule has 0 bridgehead atoms. The second-order valence-electron chi connectivity index (χ2n) is 15.1. The van der Waals surface area contributed by atoms with Crippen LogP contribution in [0.25, 0.3) is 0 Å². The highest BCUT2D eigenvalue weighted by Gasteiger charge is 2.21. The predicted octanol–water partition coefficient (Wildman–Crippen LogP) is 9.75. The molecular weight excluding hydrogens is 832 g/mol. The van der Waals surface area contributed by atoms with Gasteiger partial charge in [0.2, 0.25) is 0 Å². The molecule has 1 aliphatic carbocycles. The summed E-state index contributed by atoms with van der Waals surface area (Å²) in [5.74, 6) is 2.87. The van der Waals surface area contributed by atoms with Crippen LogP contribution < -0.4 is 41.9 Å². The molecule has 1 saturated carbocycles. The van der Waals surface area contributed by atoms with Crippen LogP contribution in [-0.4, -0.2) is 102 Å². The Morgan fingerprint density at radius 3 is 1.34 bits per heavy atom. The van der Waals surface area contributed by atoms with Crippen LogP contribution in [0.1, 0.15) is 44.9 Å². The summed E-state index contributed by atoms with van der Waals surface area (Å²) < 4.78 is 22.7. The summed E-state index contributed by atoms with van der Waals surface area (Å²) >= 11 is 24.0. The number of nitrogens with two attached hydrogens (primary N) is 4. The van der Waals surface area contributed by atoms with E-state index in [-0.39, 0.29) is 6.10 Å². The largest absolute Gasteiger partial charge is 0.492 e. The third kappa shape index (κ3) is 20.0. The Hall–Kier alpha value is -3.68. The molecule has 59 heavy (non-hydrogen) atoms. The van der Waals surface area contributed by atoms with Gasteiger partial charge in [-0.3, -0.25) is 0 Å². The van der Waals surface area contributed by atoms with Gasteiger partial charge >= 0.3 is 0 Å². The number of benzene rings is 4. The number of nitrogens with zero attached hydrogens (tertiary/aromatic N) is 3. The highest BCUT2D eigenvalue weighted by Crippen LogP contribution is 2.31. The predicted molar refractivity (Wildman–Crippen MR) is 250 cm³/mol. The van der Waals surface area contributed by atoms with E-state index >= 15 is 0 Å². The van der Waals surface area contributed by atoms with Gasteiger partial charge in [0.05, 0.1) is 32.8 Å². The molecule has 0 radical (unpaired) electrons. The summed E-state index contributed by atoms with van der Waals surface area (Å²) in [6.07, 6.45) is 8.74. The SMILES string of the molecule is CN(C)CCCOc1ccc(N)cc1Cl.CN(C)CCOc1ccc(N)cc1Cl.CN1CCC(Oc2ccc(N)cc2Cl)C1.Nc1ccc(OC2CCCCC2)c(Cl)c1. The molecule has 11 nitrogen and oxygen atoms in total. The lowest BCUT2D eigenvalue weighted by molar-refractivity contribution is 0.155. The number of hydrogen-bond donors (Lipinski definition) is 4. The average molecular weight is 896 g/mol. The van der Waals surface area contributed by atoms with E-state index in [1.807, 2.05) is 51.3 Å². The van der Waals surface area contributed by atoms with E-state index in [1.165, 1.54) is 19.3 Å². The van der Waals surface area contributed by atoms with Gasteiger partial charge in [-0.05, 0) is 147 Å². The molecule has 8 N–H and O–H groups in total. The van der Waals surface area contributed by atoms with E-state index in [0.29, 0.717) is 73.7 Å². The molecule has 0 spiro atoms. The fourth-order valence-electron chi connectivity index (χ4n) is 5.93. The first-order chi connectivity index (χ1) is 28.1. The maximum absolute atomic E-state index is 6.04. The molecule has 1 aliphatic heterocycles. The van der Waals surface area contributed by atoms with Gasteiger partial charge in [-0.15, -0.1) is 0 Å². The first-order valence-corrected chi connectivity index (χ1v) is 21.4. The minimum atomic E-state index is 0.246. The zero-order valence-corrected chi connectivity index (χ0v) is 38.1. The van der Waals surface area contributed by atoms with Crippen LogP contribution in [0.4, 0.5) is 22.7 Å². The van der Waals surface area contributed by atoms with Crippen LogP contribution in [0.2, 0.25) is 20.1 Å². The quantitative estimate of drug-likeness (QED) is 0.0751. The second-order valence-corrected chi connectivity index (χ2v) is 16.7. The second kappa shape index (κ2) is 26.5. The van der Waals surface area contributed by atoms with Crippen molar-refractivity contribution in [1.29, 1.82) is 0 Å². The third-order valence-corrected chi connectivity index (χ3v) is 10.3. The van der Waals surface area contributed by atoms with E-state index in [2.05, 4.69) is 16.8 Å². The maximum Gasteiger partial charge on any atom is 0.138 e. The number of ether oxygens (including phenoxy) is 4. The molecule has 2 fully saturated rings. The van der Waals surface area contributed by atoms with Crippen molar-refractivity contribution in [3.63, 3.8) is 0 Å². The van der Waals surface area contributed by atoms with Crippen LogP contribution in [0.15, 0.2) is 72.8 Å². The van der Waals surface area contributed by atoms with E-state index in [4.69, 9.17) is 88.3 Å². The van der Waals surface area contributed by atoms with Gasteiger partial charge in [0, 0.05) is 48.9 Å². The van der Waals surface area contributed by atoms with Gasteiger partial charge in [-0.25, -0.2) is 0 Å². The fraction of sp³-hybridized carbons (Fsp3) is 0.455. The highest BCUT2D eigenvalue weighted by atomic mass is 35.5. The number of anilines is 4. The van der Waals surface area contributed by atoms with Gasteiger partial charge < -0.3 is 56.6 Å². The van der Waals surface area contributed by atoms with Crippen molar-refractivity contribution in [2.75, 3.05) is 97.6 Å². The number of hydrogen-bond acceptors (Lipinski definition) is 11. The molecule has 0 amide bonds. The summed E-state index contributed by atoms with van der Waals surface area (Å²) in [6.45, 7) is 5.20. The maximum atomic E-state index is 6.04. The average Bonchev–Trinajstić information content (AvgIpc) is 3.59. The van der Waals surface area contributed by atoms with Crippen molar-refractivity contribution in [3.05, 3.63) is 92.9 Å². The van der Waals surface area contributed by atoms with Crippen LogP contribution in [-0.2, 0) is 0 Å². The topological polar surface area (TPSA) is 151 Å². The number of rotatable bonds is 13. The van der Waals surface area contributed by atoms with Gasteiger partial charge in [0.1, 0.15) is 35.7 Å². The zero-order valence-electron chi connectivity index (χ0n) is 35.1. The lowest BCUT2D eigenvalue weighted by Gasteiger charge is -2.23. The van der Waals surface area contributed by atoms with Gasteiger partial charge in [0.25, 0.3) is 0 Å². The monoisotopic (exact) mass is 893 g/mol. The molecule has 0 aromatic heterocycles. The van der Waals surface area contributed by atoms with E-state index < -0.39 is 0 Å². The van der Waals surface area contributed by atoms with Crippen molar-refractivity contribution in [2.24, 2.45) is 0 Å². The van der Waals surface area contributed by atoms with Crippen molar-refractivity contribution in [3.8, 4) is 23.0 Å². The Morgan fingerprint density at radius 2 is 0.949 bits per heavy atom. The molecule has 15 heteroatoms. The molecular formula is C44H63Cl4N7O4. The lowest BCUT2D eigenvalue weighted by atomic mass is 9.98. The highest BCUT2D eigenvalue weighted by molar-refractivity contribution is 6.33. The Morgan fingerprint density at radius 1 is 0.542 bits per heavy atom. The van der Waals surface area contributed by atoms with Gasteiger partial charge in [-0.2, -0.15) is 0 Å². The molecule has 2 aliphatic rings. The van der Waals surface area contributed by atoms with Crippen molar-refractivity contribution in [2.45, 2.75) is 57.2 Å². The molecule has 1 unspecified atom stereocenters. The molecule has 1 heterocycles. The Kier molecular flexibility index (Phi) is 22.3. The molecule has 326 valence electrons. The first-order valence-electron chi connectivity index (χ1n) is 19.9. The fourth-order valence-corrected chi connectivity index (χ4v) is 6.88. The molecule has 6 rings (SSSR count). The van der Waals surface area contributed by atoms with Crippen LogP contribution >= 0.6 is 46.4 Å². The summed E-state index contributed by atoms with van der Waals surface area (Å²) in [5.41, 5.74) is 25.0. The molecule has 1 saturated heterocycles. The van der Waals surface area contributed by atoms with Crippen molar-refractivity contribution in [1.82, 2.24) is 14.7 Å².